The number of halogens is 3. The van der Waals surface area contributed by atoms with E-state index in [0.717, 1.165) is 6.07 Å². The molecule has 1 heterocycles. The van der Waals surface area contributed by atoms with Crippen molar-refractivity contribution in [3.05, 3.63) is 86.7 Å². The number of aryl methyl sites for hydroxylation is 2. The van der Waals surface area contributed by atoms with Gasteiger partial charge >= 0.3 is 0 Å². The third kappa shape index (κ3) is 5.63. The molecule has 10 heteroatoms. The topological polar surface area (TPSA) is 87.4 Å². The zero-order valence-electron chi connectivity index (χ0n) is 18.1. The number of aliphatic hydroxyl groups excluding tert-OH is 1. The average molecular weight is 538 g/mol. The van der Waals surface area contributed by atoms with Crippen LogP contribution in [0.5, 0.6) is 0 Å². The molecule has 2 aromatic carbocycles. The Hall–Kier alpha value is -2.69. The normalized spacial score (nSPS) is 13.8. The van der Waals surface area contributed by atoms with E-state index in [1.807, 2.05) is 0 Å². The highest BCUT2D eigenvalue weighted by molar-refractivity contribution is 9.10. The van der Waals surface area contributed by atoms with Gasteiger partial charge < -0.3 is 14.9 Å². The van der Waals surface area contributed by atoms with E-state index in [2.05, 4.69) is 31.7 Å². The molecule has 0 radical (unpaired) electrons. The fourth-order valence-electron chi connectivity index (χ4n) is 3.67. The molecule has 0 aliphatic carbocycles. The quantitative estimate of drug-likeness (QED) is 0.303. The van der Waals surface area contributed by atoms with Crippen LogP contribution in [0.25, 0.3) is 0 Å². The van der Waals surface area contributed by atoms with Crippen molar-refractivity contribution in [2.45, 2.75) is 38.8 Å². The van der Waals surface area contributed by atoms with Crippen LogP contribution in [0, 0.1) is 25.5 Å². The summed E-state index contributed by atoms with van der Waals surface area (Å²) in [5.41, 5.74) is 0.0244. The van der Waals surface area contributed by atoms with Gasteiger partial charge in [0.2, 0.25) is 0 Å². The van der Waals surface area contributed by atoms with Crippen LogP contribution < -0.4 is 10.6 Å². The third-order valence-electron chi connectivity index (χ3n) is 5.28. The van der Waals surface area contributed by atoms with E-state index in [4.69, 9.17) is 16.7 Å². The first-order valence-corrected chi connectivity index (χ1v) is 11.2. The molecule has 2 atom stereocenters. The summed E-state index contributed by atoms with van der Waals surface area (Å²) in [5.74, 6) is -1.65. The number of aromatic nitrogens is 1. The Bertz CT molecular complexity index is 1170. The van der Waals surface area contributed by atoms with Crippen molar-refractivity contribution in [1.82, 2.24) is 15.8 Å². The highest BCUT2D eigenvalue weighted by atomic mass is 79.9. The van der Waals surface area contributed by atoms with Crippen molar-refractivity contribution < 1.29 is 23.2 Å². The minimum atomic E-state index is -1.35. The Morgan fingerprint density at radius 2 is 1.91 bits per heavy atom. The number of nitrogens with one attached hydrogen (secondary N) is 2. The van der Waals surface area contributed by atoms with Gasteiger partial charge in [-0.15, -0.1) is 0 Å². The summed E-state index contributed by atoms with van der Waals surface area (Å²) in [5, 5.41) is 20.2. The number of hydrogen-bond donors (Lipinski definition) is 3. The lowest BCUT2D eigenvalue weighted by molar-refractivity contribution is 0.0974. The molecule has 3 rings (SSSR count). The van der Waals surface area contributed by atoms with Gasteiger partial charge in [-0.2, -0.15) is 0 Å². The molecule has 0 saturated heterocycles. The van der Waals surface area contributed by atoms with Crippen LogP contribution in [0.2, 0.25) is 0 Å². The number of rotatable bonds is 6. The lowest BCUT2D eigenvalue weighted by Crippen LogP contribution is -2.50. The molecule has 0 spiro atoms. The maximum Gasteiger partial charge on any atom is 0.257 e. The van der Waals surface area contributed by atoms with Crippen LogP contribution in [0.3, 0.4) is 0 Å². The highest BCUT2D eigenvalue weighted by Crippen LogP contribution is 2.37. The SMILES string of the molecule is Cc1noc(C)c1C(O)C[C@](C)(NC(=S)NC(=O)c1ccccc1)c1cc(Br)c(F)cc1F. The van der Waals surface area contributed by atoms with Crippen LogP contribution in [0.1, 0.15) is 52.4 Å². The second-order valence-corrected chi connectivity index (χ2v) is 9.07. The van der Waals surface area contributed by atoms with Gasteiger partial charge in [0.1, 0.15) is 17.4 Å². The molecule has 0 aliphatic rings. The molecule has 33 heavy (non-hydrogen) atoms. The fourth-order valence-corrected chi connectivity index (χ4v) is 4.34. The number of carbonyl (C=O) groups is 1. The third-order valence-corrected chi connectivity index (χ3v) is 6.09. The Morgan fingerprint density at radius 1 is 1.24 bits per heavy atom. The number of nitrogens with zero attached hydrogens (tertiary/aromatic N) is 1. The highest BCUT2D eigenvalue weighted by Gasteiger charge is 2.36. The Kier molecular flexibility index (Phi) is 7.61. The first kappa shape index (κ1) is 24.9. The average Bonchev–Trinajstić information content (AvgIpc) is 3.09. The smallest absolute Gasteiger partial charge is 0.257 e. The van der Waals surface area contributed by atoms with E-state index in [-0.39, 0.29) is 21.6 Å². The largest absolute Gasteiger partial charge is 0.388 e. The Morgan fingerprint density at radius 3 is 2.52 bits per heavy atom. The number of thiocarbonyl (C=S) groups is 1. The summed E-state index contributed by atoms with van der Waals surface area (Å²) in [4.78, 5) is 12.5. The van der Waals surface area contributed by atoms with E-state index >= 15 is 0 Å². The molecule has 0 saturated carbocycles. The van der Waals surface area contributed by atoms with Gasteiger partial charge in [0.15, 0.2) is 5.11 Å². The molecular formula is C23H22BrF2N3O3S. The zero-order chi connectivity index (χ0) is 24.3. The maximum atomic E-state index is 14.9. The zero-order valence-corrected chi connectivity index (χ0v) is 20.5. The predicted octanol–water partition coefficient (Wildman–Crippen LogP) is 4.98. The van der Waals surface area contributed by atoms with Gasteiger partial charge in [-0.1, -0.05) is 23.4 Å². The van der Waals surface area contributed by atoms with Crippen LogP contribution in [-0.2, 0) is 5.54 Å². The second kappa shape index (κ2) is 10.1. The first-order valence-electron chi connectivity index (χ1n) is 9.96. The van der Waals surface area contributed by atoms with E-state index in [1.165, 1.54) is 6.07 Å². The molecule has 174 valence electrons. The molecule has 3 N–H and O–H groups in total. The Balaban J connectivity index is 1.94. The summed E-state index contributed by atoms with van der Waals surface area (Å²) >= 11 is 8.40. The summed E-state index contributed by atoms with van der Waals surface area (Å²) in [6.07, 6.45) is -1.21. The van der Waals surface area contributed by atoms with E-state index in [0.29, 0.717) is 22.6 Å². The molecule has 0 fully saturated rings. The first-order chi connectivity index (χ1) is 15.5. The van der Waals surface area contributed by atoms with Crippen LogP contribution in [-0.4, -0.2) is 21.3 Å². The van der Waals surface area contributed by atoms with Crippen molar-refractivity contribution in [3.8, 4) is 0 Å². The van der Waals surface area contributed by atoms with Crippen molar-refractivity contribution in [1.29, 1.82) is 0 Å². The standard InChI is InChI=1S/C23H22BrF2N3O3S/c1-12-20(13(2)32-29-12)19(30)11-23(3,15-9-16(24)18(26)10-17(15)25)28-22(33)27-21(31)14-7-5-4-6-8-14/h4-10,19,30H,11H2,1-3H3,(H2,27,28,31,33)/t19?,23-/m0/s1. The molecule has 0 aliphatic heterocycles. The lowest BCUT2D eigenvalue weighted by Gasteiger charge is -2.35. The van der Waals surface area contributed by atoms with Gasteiger partial charge in [0.05, 0.1) is 21.8 Å². The van der Waals surface area contributed by atoms with Crippen molar-refractivity contribution in [2.24, 2.45) is 0 Å². The van der Waals surface area contributed by atoms with Crippen LogP contribution >= 0.6 is 28.1 Å². The van der Waals surface area contributed by atoms with E-state index in [9.17, 15) is 18.7 Å². The number of hydrogen-bond acceptors (Lipinski definition) is 5. The lowest BCUT2D eigenvalue weighted by atomic mass is 9.84. The van der Waals surface area contributed by atoms with Crippen molar-refractivity contribution in [3.63, 3.8) is 0 Å². The molecule has 1 unspecified atom stereocenters. The fraction of sp³-hybridized carbons (Fsp3) is 0.261. The van der Waals surface area contributed by atoms with E-state index in [1.54, 1.807) is 51.1 Å². The van der Waals surface area contributed by atoms with Crippen LogP contribution in [0.4, 0.5) is 8.78 Å². The van der Waals surface area contributed by atoms with Gasteiger partial charge in [-0.25, -0.2) is 8.78 Å². The summed E-state index contributed by atoms with van der Waals surface area (Å²) in [6.45, 7) is 4.93. The maximum absolute atomic E-state index is 14.9. The van der Waals surface area contributed by atoms with Gasteiger partial charge in [0.25, 0.3) is 5.91 Å². The predicted molar refractivity (Wildman–Crippen MR) is 127 cm³/mol. The molecule has 1 aromatic heterocycles. The monoisotopic (exact) mass is 537 g/mol. The molecule has 1 amide bonds. The van der Waals surface area contributed by atoms with E-state index < -0.39 is 29.2 Å². The van der Waals surface area contributed by atoms with Crippen molar-refractivity contribution >= 4 is 39.2 Å². The van der Waals surface area contributed by atoms with Crippen molar-refractivity contribution in [2.75, 3.05) is 0 Å². The Labute approximate surface area is 203 Å². The molecular weight excluding hydrogens is 516 g/mol. The number of benzene rings is 2. The summed E-state index contributed by atoms with van der Waals surface area (Å²) < 4.78 is 34.0. The minimum Gasteiger partial charge on any atom is -0.388 e. The van der Waals surface area contributed by atoms with Gasteiger partial charge in [-0.3, -0.25) is 10.1 Å². The summed E-state index contributed by atoms with van der Waals surface area (Å²) in [7, 11) is 0. The van der Waals surface area contributed by atoms with Gasteiger partial charge in [0, 0.05) is 29.2 Å². The minimum absolute atomic E-state index is 0.0397. The number of carbonyl (C=O) groups excluding carboxylic acids is 1. The molecule has 6 nitrogen and oxygen atoms in total. The molecule has 0 bridgehead atoms. The second-order valence-electron chi connectivity index (χ2n) is 7.81. The number of aliphatic hydroxyl groups is 1. The van der Waals surface area contributed by atoms with Gasteiger partial charge in [-0.05, 0) is 67.1 Å². The van der Waals surface area contributed by atoms with Crippen LogP contribution in [0.15, 0.2) is 51.5 Å². The molecule has 3 aromatic rings. The summed E-state index contributed by atoms with van der Waals surface area (Å²) in [6, 6.07) is 10.5. The number of amides is 1.